The maximum Gasteiger partial charge on any atom is 0.0963 e. The van der Waals surface area contributed by atoms with Crippen LogP contribution in [-0.4, -0.2) is 20.2 Å². The van der Waals surface area contributed by atoms with Crippen LogP contribution in [0.4, 0.5) is 0 Å². The van der Waals surface area contributed by atoms with Gasteiger partial charge in [-0.15, -0.1) is 0 Å². The monoisotopic (exact) mass is 247 g/mol. The molecule has 1 atom stereocenters. The minimum atomic E-state index is -0.0234. The first-order valence-electron chi connectivity index (χ1n) is 4.90. The highest BCUT2D eigenvalue weighted by molar-refractivity contribution is 6.35. The summed E-state index contributed by atoms with van der Waals surface area (Å²) in [6.45, 7) is 3.35. The van der Waals surface area contributed by atoms with Gasteiger partial charge in [0.05, 0.1) is 6.10 Å². The first-order chi connectivity index (χ1) is 7.19. The van der Waals surface area contributed by atoms with Crippen LogP contribution in [0.3, 0.4) is 0 Å². The second kappa shape index (κ2) is 6.33. The molecule has 0 amide bonds. The molecule has 1 rings (SSSR count). The predicted molar refractivity (Wildman–Crippen MR) is 64.8 cm³/mol. The molecule has 0 heterocycles. The molecule has 0 aliphatic rings. The standard InChI is InChI=1S/C11H15Cl2NO/c1-3-15-11(7-14-2)9-5-4-8(12)6-10(9)13/h4-6,11,14H,3,7H2,1-2H3/t11-/m0/s1. The Labute approximate surface area is 101 Å². The Morgan fingerprint density at radius 3 is 2.67 bits per heavy atom. The molecule has 0 unspecified atom stereocenters. The van der Waals surface area contributed by atoms with Crippen LogP contribution in [-0.2, 0) is 4.74 Å². The van der Waals surface area contributed by atoms with E-state index in [4.69, 9.17) is 27.9 Å². The molecule has 0 saturated carbocycles. The fourth-order valence-electron chi connectivity index (χ4n) is 1.41. The van der Waals surface area contributed by atoms with Gasteiger partial charge in [0, 0.05) is 28.8 Å². The number of benzene rings is 1. The number of hydrogen-bond acceptors (Lipinski definition) is 2. The van der Waals surface area contributed by atoms with E-state index in [2.05, 4.69) is 5.32 Å². The van der Waals surface area contributed by atoms with E-state index in [9.17, 15) is 0 Å². The molecule has 0 fully saturated rings. The van der Waals surface area contributed by atoms with E-state index in [0.717, 1.165) is 12.1 Å². The van der Waals surface area contributed by atoms with Gasteiger partial charge in [-0.3, -0.25) is 0 Å². The molecule has 1 aromatic carbocycles. The summed E-state index contributed by atoms with van der Waals surface area (Å²) in [6, 6.07) is 5.47. The summed E-state index contributed by atoms with van der Waals surface area (Å²) in [6.07, 6.45) is -0.0234. The van der Waals surface area contributed by atoms with Crippen molar-refractivity contribution in [2.75, 3.05) is 20.2 Å². The maximum atomic E-state index is 6.10. The molecule has 0 aliphatic carbocycles. The Hall–Kier alpha value is -0.280. The van der Waals surface area contributed by atoms with E-state index in [1.54, 1.807) is 6.07 Å². The minimum absolute atomic E-state index is 0.0234. The molecule has 1 N–H and O–H groups in total. The molecule has 4 heteroatoms. The van der Waals surface area contributed by atoms with Gasteiger partial charge < -0.3 is 10.1 Å². The van der Waals surface area contributed by atoms with Crippen LogP contribution in [0.2, 0.25) is 10.0 Å². The molecule has 84 valence electrons. The molecular weight excluding hydrogens is 233 g/mol. The molecular formula is C11H15Cl2NO. The Morgan fingerprint density at radius 1 is 1.40 bits per heavy atom. The van der Waals surface area contributed by atoms with Gasteiger partial charge in [-0.05, 0) is 26.1 Å². The Kier molecular flexibility index (Phi) is 5.40. The summed E-state index contributed by atoms with van der Waals surface area (Å²) >= 11 is 11.9. The van der Waals surface area contributed by atoms with E-state index in [1.807, 2.05) is 26.1 Å². The molecule has 0 spiro atoms. The van der Waals surface area contributed by atoms with Crippen LogP contribution < -0.4 is 5.32 Å². The third kappa shape index (κ3) is 3.65. The fourth-order valence-corrected chi connectivity index (χ4v) is 1.94. The number of rotatable bonds is 5. The van der Waals surface area contributed by atoms with Gasteiger partial charge in [-0.1, -0.05) is 29.3 Å². The van der Waals surface area contributed by atoms with Gasteiger partial charge in [0.2, 0.25) is 0 Å². The van der Waals surface area contributed by atoms with Crippen molar-refractivity contribution in [2.45, 2.75) is 13.0 Å². The number of halogens is 2. The van der Waals surface area contributed by atoms with Crippen molar-refractivity contribution in [1.82, 2.24) is 5.32 Å². The summed E-state index contributed by atoms with van der Waals surface area (Å²) < 4.78 is 5.60. The Morgan fingerprint density at radius 2 is 2.13 bits per heavy atom. The van der Waals surface area contributed by atoms with Crippen molar-refractivity contribution < 1.29 is 4.74 Å². The average molecular weight is 248 g/mol. The second-order valence-electron chi connectivity index (χ2n) is 3.17. The average Bonchev–Trinajstić information content (AvgIpc) is 2.17. The second-order valence-corrected chi connectivity index (χ2v) is 4.01. The summed E-state index contributed by atoms with van der Waals surface area (Å²) in [5.41, 5.74) is 0.970. The highest BCUT2D eigenvalue weighted by atomic mass is 35.5. The van der Waals surface area contributed by atoms with Crippen LogP contribution in [0.25, 0.3) is 0 Å². The number of nitrogens with one attached hydrogen (secondary N) is 1. The van der Waals surface area contributed by atoms with Crippen LogP contribution in [0.5, 0.6) is 0 Å². The summed E-state index contributed by atoms with van der Waals surface area (Å²) in [7, 11) is 1.88. The van der Waals surface area contributed by atoms with E-state index < -0.39 is 0 Å². The minimum Gasteiger partial charge on any atom is -0.372 e. The van der Waals surface area contributed by atoms with Crippen molar-refractivity contribution in [3.63, 3.8) is 0 Å². The maximum absolute atomic E-state index is 6.10. The van der Waals surface area contributed by atoms with Gasteiger partial charge in [0.1, 0.15) is 0 Å². The van der Waals surface area contributed by atoms with Gasteiger partial charge in [-0.25, -0.2) is 0 Å². The van der Waals surface area contributed by atoms with Crippen LogP contribution in [0.1, 0.15) is 18.6 Å². The third-order valence-corrected chi connectivity index (χ3v) is 2.63. The number of ether oxygens (including phenoxy) is 1. The molecule has 1 aromatic rings. The van der Waals surface area contributed by atoms with E-state index in [0.29, 0.717) is 16.7 Å². The molecule has 2 nitrogen and oxygen atoms in total. The van der Waals surface area contributed by atoms with Crippen LogP contribution in [0, 0.1) is 0 Å². The summed E-state index contributed by atoms with van der Waals surface area (Å²) in [5.74, 6) is 0. The zero-order valence-electron chi connectivity index (χ0n) is 8.89. The molecule has 0 bridgehead atoms. The number of hydrogen-bond donors (Lipinski definition) is 1. The quantitative estimate of drug-likeness (QED) is 0.863. The predicted octanol–water partition coefficient (Wildman–Crippen LogP) is 3.29. The topological polar surface area (TPSA) is 21.3 Å². The van der Waals surface area contributed by atoms with Crippen molar-refractivity contribution >= 4 is 23.2 Å². The Bertz CT molecular complexity index is 311. The fraction of sp³-hybridized carbons (Fsp3) is 0.455. The van der Waals surface area contributed by atoms with E-state index >= 15 is 0 Å². The first kappa shape index (κ1) is 12.8. The van der Waals surface area contributed by atoms with Gasteiger partial charge in [0.15, 0.2) is 0 Å². The Balaban J connectivity index is 2.89. The lowest BCUT2D eigenvalue weighted by Gasteiger charge is -2.18. The lowest BCUT2D eigenvalue weighted by molar-refractivity contribution is 0.0639. The van der Waals surface area contributed by atoms with E-state index in [-0.39, 0.29) is 6.10 Å². The largest absolute Gasteiger partial charge is 0.372 e. The van der Waals surface area contributed by atoms with Crippen molar-refractivity contribution in [3.05, 3.63) is 33.8 Å². The zero-order chi connectivity index (χ0) is 11.3. The van der Waals surface area contributed by atoms with Gasteiger partial charge >= 0.3 is 0 Å². The summed E-state index contributed by atoms with van der Waals surface area (Å²) in [4.78, 5) is 0. The third-order valence-electron chi connectivity index (χ3n) is 2.07. The van der Waals surface area contributed by atoms with Crippen LogP contribution >= 0.6 is 23.2 Å². The summed E-state index contributed by atoms with van der Waals surface area (Å²) in [5, 5.41) is 4.37. The molecule has 0 radical (unpaired) electrons. The lowest BCUT2D eigenvalue weighted by atomic mass is 10.1. The molecule has 0 aliphatic heterocycles. The van der Waals surface area contributed by atoms with E-state index in [1.165, 1.54) is 0 Å². The van der Waals surface area contributed by atoms with Crippen molar-refractivity contribution in [1.29, 1.82) is 0 Å². The molecule has 0 saturated heterocycles. The van der Waals surface area contributed by atoms with Crippen molar-refractivity contribution in [2.24, 2.45) is 0 Å². The smallest absolute Gasteiger partial charge is 0.0963 e. The lowest BCUT2D eigenvalue weighted by Crippen LogP contribution is -2.20. The highest BCUT2D eigenvalue weighted by Gasteiger charge is 2.14. The first-order valence-corrected chi connectivity index (χ1v) is 5.65. The highest BCUT2D eigenvalue weighted by Crippen LogP contribution is 2.27. The van der Waals surface area contributed by atoms with Gasteiger partial charge in [-0.2, -0.15) is 0 Å². The molecule has 15 heavy (non-hydrogen) atoms. The number of likely N-dealkylation sites (N-methyl/N-ethyl adjacent to an activating group) is 1. The molecule has 0 aromatic heterocycles. The van der Waals surface area contributed by atoms with Gasteiger partial charge in [0.25, 0.3) is 0 Å². The van der Waals surface area contributed by atoms with Crippen LogP contribution in [0.15, 0.2) is 18.2 Å². The van der Waals surface area contributed by atoms with Crippen molar-refractivity contribution in [3.8, 4) is 0 Å². The zero-order valence-corrected chi connectivity index (χ0v) is 10.4. The SMILES string of the molecule is CCO[C@@H](CNC)c1ccc(Cl)cc1Cl. The normalized spacial score (nSPS) is 12.8.